The molecule has 2 aromatic carbocycles. The number of carboxylic acids is 1. The molecule has 2 saturated heterocycles. The third-order valence-electron chi connectivity index (χ3n) is 7.78. The van der Waals surface area contributed by atoms with Gasteiger partial charge < -0.3 is 30.1 Å². The maximum Gasteiger partial charge on any atom is 0.303 e. The first-order valence-electron chi connectivity index (χ1n) is 13.8. The molecule has 4 rings (SSSR count). The summed E-state index contributed by atoms with van der Waals surface area (Å²) < 4.78 is 13.1. The van der Waals surface area contributed by atoms with Gasteiger partial charge in [-0.25, -0.2) is 0 Å². The van der Waals surface area contributed by atoms with Crippen LogP contribution in [-0.2, 0) is 32.2 Å². The van der Waals surface area contributed by atoms with Crippen molar-refractivity contribution in [1.82, 2.24) is 10.2 Å². The maximum atomic E-state index is 12.0. The fourth-order valence-corrected chi connectivity index (χ4v) is 5.38. The molecule has 0 unspecified atom stereocenters. The van der Waals surface area contributed by atoms with E-state index < -0.39 is 12.3 Å². The quantitative estimate of drug-likeness (QED) is 0.323. The Kier molecular flexibility index (Phi) is 10.5. The highest BCUT2D eigenvalue weighted by Gasteiger charge is 2.40. The third kappa shape index (κ3) is 7.86. The molecule has 2 heterocycles. The Morgan fingerprint density at radius 1 is 0.974 bits per heavy atom. The van der Waals surface area contributed by atoms with Crippen LogP contribution in [0.3, 0.4) is 0 Å². The lowest BCUT2D eigenvalue weighted by molar-refractivity contribution is -0.276. The third-order valence-corrected chi connectivity index (χ3v) is 7.78. The number of carboxylic acid groups (broad SMARTS) is 1. The second-order valence-electron chi connectivity index (χ2n) is 10.6. The van der Waals surface area contributed by atoms with E-state index in [-0.39, 0.29) is 56.1 Å². The van der Waals surface area contributed by atoms with E-state index in [2.05, 4.69) is 17.1 Å². The van der Waals surface area contributed by atoms with E-state index in [1.54, 1.807) is 0 Å². The summed E-state index contributed by atoms with van der Waals surface area (Å²) in [7, 11) is 0. The molecule has 2 fully saturated rings. The second kappa shape index (κ2) is 14.0. The number of likely N-dealkylation sites (tertiary alicyclic amines) is 1. The molecular formula is C30H40N2O7. The van der Waals surface area contributed by atoms with Crippen molar-refractivity contribution in [2.45, 2.75) is 76.7 Å². The highest BCUT2D eigenvalue weighted by molar-refractivity contribution is 5.76. The van der Waals surface area contributed by atoms with Crippen molar-refractivity contribution in [3.63, 3.8) is 0 Å². The zero-order chi connectivity index (χ0) is 27.8. The summed E-state index contributed by atoms with van der Waals surface area (Å²) in [6, 6.07) is 15.7. The van der Waals surface area contributed by atoms with Crippen LogP contribution in [0.2, 0.25) is 0 Å². The van der Waals surface area contributed by atoms with Crippen molar-refractivity contribution < 1.29 is 34.4 Å². The van der Waals surface area contributed by atoms with E-state index >= 15 is 0 Å². The monoisotopic (exact) mass is 540 g/mol. The van der Waals surface area contributed by atoms with E-state index in [4.69, 9.17) is 14.6 Å². The number of carbonyl (C=O) groups is 2. The van der Waals surface area contributed by atoms with Crippen LogP contribution in [0.15, 0.2) is 48.5 Å². The number of hydrogen-bond donors (Lipinski definition) is 4. The zero-order valence-electron chi connectivity index (χ0n) is 22.5. The minimum absolute atomic E-state index is 0.0115. The average Bonchev–Trinajstić information content (AvgIpc) is 3.40. The van der Waals surface area contributed by atoms with Gasteiger partial charge in [0, 0.05) is 43.5 Å². The molecule has 2 aliphatic rings. The van der Waals surface area contributed by atoms with E-state index in [0.29, 0.717) is 19.5 Å². The first-order chi connectivity index (χ1) is 18.9. The van der Waals surface area contributed by atoms with Crippen molar-refractivity contribution in [2.24, 2.45) is 5.92 Å². The topological polar surface area (TPSA) is 129 Å². The summed E-state index contributed by atoms with van der Waals surface area (Å²) in [6.45, 7) is 4.28. The van der Waals surface area contributed by atoms with Crippen LogP contribution in [0.5, 0.6) is 0 Å². The number of aliphatic carboxylic acids is 1. The van der Waals surface area contributed by atoms with Crippen molar-refractivity contribution in [2.75, 3.05) is 19.7 Å². The van der Waals surface area contributed by atoms with Crippen LogP contribution in [0.1, 0.15) is 73.7 Å². The normalized spacial score (nSPS) is 25.5. The SMILES string of the molecule is C[C@H]1[C@@H](CN2CCC[C@H]2CO)O[C@@H](c2ccc(CNC(=O)CCCC(=O)O)cc2)O[C@H]1c1ccc(CO)cc1. The molecule has 0 spiro atoms. The van der Waals surface area contributed by atoms with E-state index in [9.17, 15) is 19.8 Å². The van der Waals surface area contributed by atoms with Gasteiger partial charge in [0.2, 0.25) is 5.91 Å². The standard InChI is InChI=1S/C30H40N2O7/c1-20-26(17-32-15-3-4-25(32)19-34)38-30(39-29(20)23-11-9-22(18-33)10-12-23)24-13-7-21(8-14-24)16-31-27(35)5-2-6-28(36)37/h7-14,20,25-26,29-30,33-34H,2-6,15-19H2,1H3,(H,31,35)(H,36,37)/t20-,25-,26+,29+,30+/m0/s1. The molecule has 212 valence electrons. The summed E-state index contributed by atoms with van der Waals surface area (Å²) in [6.07, 6.45) is 1.64. The number of aliphatic hydroxyl groups excluding tert-OH is 2. The number of nitrogens with one attached hydrogen (secondary N) is 1. The molecule has 2 aliphatic heterocycles. The molecule has 0 saturated carbocycles. The summed E-state index contributed by atoms with van der Waals surface area (Å²) in [5.74, 6) is -1.01. The fourth-order valence-electron chi connectivity index (χ4n) is 5.38. The number of ether oxygens (including phenoxy) is 2. The number of carbonyl (C=O) groups excluding carboxylic acids is 1. The molecule has 9 heteroatoms. The summed E-state index contributed by atoms with van der Waals surface area (Å²) in [5.41, 5.74) is 3.67. The van der Waals surface area contributed by atoms with Crippen LogP contribution < -0.4 is 5.32 Å². The zero-order valence-corrected chi connectivity index (χ0v) is 22.5. The Bertz CT molecular complexity index is 1080. The molecule has 1 amide bonds. The predicted octanol–water partition coefficient (Wildman–Crippen LogP) is 3.30. The summed E-state index contributed by atoms with van der Waals surface area (Å²) in [4.78, 5) is 24.9. The summed E-state index contributed by atoms with van der Waals surface area (Å²) >= 11 is 0. The van der Waals surface area contributed by atoms with Crippen LogP contribution in [0.4, 0.5) is 0 Å². The highest BCUT2D eigenvalue weighted by Crippen LogP contribution is 2.42. The van der Waals surface area contributed by atoms with Crippen LogP contribution in [0, 0.1) is 5.92 Å². The minimum atomic E-state index is -0.903. The number of nitrogens with zero attached hydrogens (tertiary/aromatic N) is 1. The average molecular weight is 541 g/mol. The van der Waals surface area contributed by atoms with Gasteiger partial charge in [-0.15, -0.1) is 0 Å². The molecule has 0 aliphatic carbocycles. The molecule has 0 bridgehead atoms. The Morgan fingerprint density at radius 3 is 2.33 bits per heavy atom. The Balaban J connectivity index is 1.45. The number of amides is 1. The lowest BCUT2D eigenvalue weighted by atomic mass is 9.90. The van der Waals surface area contributed by atoms with Crippen LogP contribution in [0.25, 0.3) is 0 Å². The molecule has 0 aromatic heterocycles. The second-order valence-corrected chi connectivity index (χ2v) is 10.6. The highest BCUT2D eigenvalue weighted by atomic mass is 16.7. The van der Waals surface area contributed by atoms with Gasteiger partial charge in [0.25, 0.3) is 0 Å². The van der Waals surface area contributed by atoms with E-state index in [0.717, 1.165) is 41.6 Å². The lowest BCUT2D eigenvalue weighted by Crippen LogP contribution is -2.46. The molecule has 39 heavy (non-hydrogen) atoms. The lowest BCUT2D eigenvalue weighted by Gasteiger charge is -2.43. The number of aliphatic hydroxyl groups is 2. The van der Waals surface area contributed by atoms with Crippen LogP contribution >= 0.6 is 0 Å². The molecule has 2 aromatic rings. The smallest absolute Gasteiger partial charge is 0.303 e. The van der Waals surface area contributed by atoms with Crippen molar-refractivity contribution in [3.8, 4) is 0 Å². The molecular weight excluding hydrogens is 500 g/mol. The number of rotatable bonds is 12. The minimum Gasteiger partial charge on any atom is -0.481 e. The van der Waals surface area contributed by atoms with Gasteiger partial charge in [-0.2, -0.15) is 0 Å². The Morgan fingerprint density at radius 2 is 1.67 bits per heavy atom. The van der Waals surface area contributed by atoms with Crippen molar-refractivity contribution in [1.29, 1.82) is 0 Å². The first kappa shape index (κ1) is 29.2. The molecule has 9 nitrogen and oxygen atoms in total. The number of benzene rings is 2. The van der Waals surface area contributed by atoms with Crippen molar-refractivity contribution in [3.05, 3.63) is 70.8 Å². The Hall–Kier alpha value is -2.82. The molecule has 4 N–H and O–H groups in total. The van der Waals surface area contributed by atoms with E-state index in [1.807, 2.05) is 48.5 Å². The van der Waals surface area contributed by atoms with E-state index in [1.165, 1.54) is 0 Å². The predicted molar refractivity (Wildman–Crippen MR) is 144 cm³/mol. The van der Waals surface area contributed by atoms with Gasteiger partial charge in [-0.1, -0.05) is 55.5 Å². The molecule has 0 radical (unpaired) electrons. The van der Waals surface area contributed by atoms with Crippen LogP contribution in [-0.4, -0.2) is 63.9 Å². The van der Waals surface area contributed by atoms with Gasteiger partial charge >= 0.3 is 5.97 Å². The number of hydrogen-bond acceptors (Lipinski definition) is 7. The van der Waals surface area contributed by atoms with Gasteiger partial charge in [0.1, 0.15) is 0 Å². The van der Waals surface area contributed by atoms with Crippen molar-refractivity contribution >= 4 is 11.9 Å². The van der Waals surface area contributed by atoms with Gasteiger partial charge in [0.15, 0.2) is 6.29 Å². The first-order valence-corrected chi connectivity index (χ1v) is 13.8. The molecule has 5 atom stereocenters. The van der Waals surface area contributed by atoms with Gasteiger partial charge in [0.05, 0.1) is 25.4 Å². The fraction of sp³-hybridized carbons (Fsp3) is 0.533. The summed E-state index contributed by atoms with van der Waals surface area (Å²) in [5, 5.41) is 30.8. The van der Waals surface area contributed by atoms with Gasteiger partial charge in [-0.05, 0) is 42.5 Å². The van der Waals surface area contributed by atoms with Gasteiger partial charge in [-0.3, -0.25) is 14.5 Å². The largest absolute Gasteiger partial charge is 0.481 e. The Labute approximate surface area is 229 Å². The maximum absolute atomic E-state index is 12.0.